The van der Waals surface area contributed by atoms with Crippen LogP contribution in [0, 0.1) is 6.92 Å². The van der Waals surface area contributed by atoms with E-state index in [2.05, 4.69) is 15.3 Å². The van der Waals surface area contributed by atoms with Crippen LogP contribution in [0.2, 0.25) is 0 Å². The Kier molecular flexibility index (Phi) is 4.84. The fourth-order valence-corrected chi connectivity index (χ4v) is 1.78. The Bertz CT molecular complexity index is 627. The molecule has 0 spiro atoms. The van der Waals surface area contributed by atoms with Crippen LogP contribution in [0.1, 0.15) is 28.7 Å². The molecule has 1 aromatic heterocycles. The minimum atomic E-state index is -0.351. The lowest BCUT2D eigenvalue weighted by molar-refractivity contribution is 0.102. The molecule has 0 saturated heterocycles. The molecule has 0 unspecified atom stereocenters. The lowest BCUT2D eigenvalue weighted by Gasteiger charge is -2.11. The number of carbonyl (C=O) groups excluding carboxylic acids is 1. The summed E-state index contributed by atoms with van der Waals surface area (Å²) in [5.74, 6) is 0.253. The summed E-state index contributed by atoms with van der Waals surface area (Å²) >= 11 is 0. The largest absolute Gasteiger partial charge is 0.494 e. The average molecular weight is 287 g/mol. The first-order chi connectivity index (χ1) is 10.1. The molecule has 1 aromatic carbocycles. The average Bonchev–Trinajstić information content (AvgIpc) is 2.49. The summed E-state index contributed by atoms with van der Waals surface area (Å²) in [6.07, 6.45) is 2.96. The van der Waals surface area contributed by atoms with Crippen LogP contribution >= 0.6 is 0 Å². The molecule has 0 aliphatic heterocycles. The molecule has 0 aliphatic carbocycles. The van der Waals surface area contributed by atoms with Gasteiger partial charge in [-0.05, 0) is 32.0 Å². The van der Waals surface area contributed by atoms with Gasteiger partial charge < -0.3 is 15.2 Å². The topological polar surface area (TPSA) is 84.3 Å². The minimum absolute atomic E-state index is 0.163. The highest BCUT2D eigenvalue weighted by atomic mass is 16.5. The molecule has 21 heavy (non-hydrogen) atoms. The third kappa shape index (κ3) is 3.76. The molecule has 1 heterocycles. The van der Waals surface area contributed by atoms with Crippen molar-refractivity contribution in [1.82, 2.24) is 9.97 Å². The van der Waals surface area contributed by atoms with Crippen LogP contribution in [0.4, 0.5) is 5.69 Å². The maximum absolute atomic E-state index is 12.0. The Morgan fingerprint density at radius 3 is 2.76 bits per heavy atom. The van der Waals surface area contributed by atoms with Crippen molar-refractivity contribution in [3.8, 4) is 5.75 Å². The number of ether oxygens (including phenoxy) is 1. The summed E-state index contributed by atoms with van der Waals surface area (Å²) in [6, 6.07) is 5.10. The Balaban J connectivity index is 2.15. The lowest BCUT2D eigenvalue weighted by Crippen LogP contribution is -2.14. The van der Waals surface area contributed by atoms with E-state index in [1.807, 2.05) is 6.92 Å². The highest BCUT2D eigenvalue weighted by Gasteiger charge is 2.10. The smallest absolute Gasteiger partial charge is 0.275 e. The zero-order chi connectivity index (χ0) is 15.2. The second-order valence-electron chi connectivity index (χ2n) is 4.41. The van der Waals surface area contributed by atoms with E-state index in [-0.39, 0.29) is 18.2 Å². The van der Waals surface area contributed by atoms with E-state index in [0.717, 1.165) is 5.69 Å². The summed E-state index contributed by atoms with van der Waals surface area (Å²) in [4.78, 5) is 20.1. The van der Waals surface area contributed by atoms with Gasteiger partial charge in [0.15, 0.2) is 0 Å². The van der Waals surface area contributed by atoms with E-state index >= 15 is 0 Å². The monoisotopic (exact) mass is 287 g/mol. The maximum Gasteiger partial charge on any atom is 0.275 e. The lowest BCUT2D eigenvalue weighted by atomic mass is 10.2. The summed E-state index contributed by atoms with van der Waals surface area (Å²) in [7, 11) is 0. The van der Waals surface area contributed by atoms with E-state index in [9.17, 15) is 9.90 Å². The molecule has 0 atom stereocenters. The Morgan fingerprint density at radius 2 is 2.14 bits per heavy atom. The van der Waals surface area contributed by atoms with E-state index in [1.54, 1.807) is 25.1 Å². The van der Waals surface area contributed by atoms with Crippen molar-refractivity contribution >= 4 is 11.6 Å². The summed E-state index contributed by atoms with van der Waals surface area (Å²) in [6.45, 7) is 4.02. The van der Waals surface area contributed by atoms with Crippen molar-refractivity contribution < 1.29 is 14.6 Å². The van der Waals surface area contributed by atoms with E-state index < -0.39 is 0 Å². The van der Waals surface area contributed by atoms with Gasteiger partial charge in [-0.2, -0.15) is 0 Å². The summed E-state index contributed by atoms with van der Waals surface area (Å²) in [5.41, 5.74) is 2.16. The summed E-state index contributed by atoms with van der Waals surface area (Å²) in [5, 5.41) is 12.0. The van der Waals surface area contributed by atoms with Gasteiger partial charge in [0.2, 0.25) is 0 Å². The van der Waals surface area contributed by atoms with Gasteiger partial charge in [0.1, 0.15) is 11.4 Å². The molecule has 0 fully saturated rings. The molecule has 0 aliphatic rings. The molecule has 1 amide bonds. The third-order valence-electron chi connectivity index (χ3n) is 2.80. The molecule has 0 radical (unpaired) electrons. The Labute approximate surface area is 122 Å². The van der Waals surface area contributed by atoms with Crippen molar-refractivity contribution in [2.45, 2.75) is 20.5 Å². The fraction of sp³-hybridized carbons (Fsp3) is 0.267. The first kappa shape index (κ1) is 14.9. The second kappa shape index (κ2) is 6.81. The van der Waals surface area contributed by atoms with Crippen LogP contribution in [0.3, 0.4) is 0 Å². The number of hydrogen-bond donors (Lipinski definition) is 2. The van der Waals surface area contributed by atoms with Crippen molar-refractivity contribution in [2.24, 2.45) is 0 Å². The number of aliphatic hydroxyl groups excluding tert-OH is 1. The number of aliphatic hydroxyl groups is 1. The minimum Gasteiger partial charge on any atom is -0.494 e. The SMILES string of the molecule is CCOc1ccc(NC(=O)c2cnc(C)cn2)cc1CO. The van der Waals surface area contributed by atoms with Crippen molar-refractivity contribution in [2.75, 3.05) is 11.9 Å². The first-order valence-electron chi connectivity index (χ1n) is 6.60. The van der Waals surface area contributed by atoms with Crippen LogP contribution in [0.15, 0.2) is 30.6 Å². The number of nitrogens with one attached hydrogen (secondary N) is 1. The van der Waals surface area contributed by atoms with Crippen LogP contribution < -0.4 is 10.1 Å². The normalized spacial score (nSPS) is 10.2. The van der Waals surface area contributed by atoms with Crippen LogP contribution in [-0.4, -0.2) is 27.6 Å². The van der Waals surface area contributed by atoms with Crippen LogP contribution in [-0.2, 0) is 6.61 Å². The number of amides is 1. The van der Waals surface area contributed by atoms with E-state index in [0.29, 0.717) is 23.6 Å². The molecule has 6 heteroatoms. The second-order valence-corrected chi connectivity index (χ2v) is 4.41. The molecular weight excluding hydrogens is 270 g/mol. The van der Waals surface area contributed by atoms with Gasteiger partial charge in [-0.3, -0.25) is 9.78 Å². The van der Waals surface area contributed by atoms with Crippen molar-refractivity contribution in [3.63, 3.8) is 0 Å². The van der Waals surface area contributed by atoms with E-state index in [1.165, 1.54) is 12.4 Å². The van der Waals surface area contributed by atoms with Crippen LogP contribution in [0.25, 0.3) is 0 Å². The number of aromatic nitrogens is 2. The third-order valence-corrected chi connectivity index (χ3v) is 2.80. The van der Waals surface area contributed by atoms with Crippen molar-refractivity contribution in [1.29, 1.82) is 0 Å². The predicted octanol–water partition coefficient (Wildman–Crippen LogP) is 1.93. The fourth-order valence-electron chi connectivity index (χ4n) is 1.78. The van der Waals surface area contributed by atoms with Gasteiger partial charge >= 0.3 is 0 Å². The van der Waals surface area contributed by atoms with Gasteiger partial charge in [0, 0.05) is 17.4 Å². The van der Waals surface area contributed by atoms with Crippen LogP contribution in [0.5, 0.6) is 5.75 Å². The number of rotatable bonds is 5. The zero-order valence-corrected chi connectivity index (χ0v) is 12.0. The number of carbonyl (C=O) groups is 1. The van der Waals surface area contributed by atoms with E-state index in [4.69, 9.17) is 4.74 Å². The molecule has 0 saturated carbocycles. The van der Waals surface area contributed by atoms with Gasteiger partial charge in [-0.1, -0.05) is 0 Å². The highest BCUT2D eigenvalue weighted by molar-refractivity contribution is 6.02. The molecular formula is C15H17N3O3. The quantitative estimate of drug-likeness (QED) is 0.877. The number of anilines is 1. The first-order valence-corrected chi connectivity index (χ1v) is 6.60. The molecule has 2 aromatic rings. The number of benzene rings is 1. The molecule has 2 N–H and O–H groups in total. The predicted molar refractivity (Wildman–Crippen MR) is 78.3 cm³/mol. The molecule has 110 valence electrons. The maximum atomic E-state index is 12.0. The molecule has 0 bridgehead atoms. The van der Waals surface area contributed by atoms with Gasteiger partial charge in [0.25, 0.3) is 5.91 Å². The Morgan fingerprint density at radius 1 is 1.33 bits per heavy atom. The molecule has 6 nitrogen and oxygen atoms in total. The molecule has 2 rings (SSSR count). The zero-order valence-electron chi connectivity index (χ0n) is 12.0. The van der Waals surface area contributed by atoms with Gasteiger partial charge in [-0.25, -0.2) is 4.98 Å². The Hall–Kier alpha value is -2.47. The van der Waals surface area contributed by atoms with Crippen molar-refractivity contribution in [3.05, 3.63) is 47.5 Å². The standard InChI is InChI=1S/C15H17N3O3/c1-3-21-14-5-4-12(6-11(14)9-19)18-15(20)13-8-16-10(2)7-17-13/h4-8,19H,3,9H2,1-2H3,(H,18,20). The number of nitrogens with zero attached hydrogens (tertiary/aromatic N) is 2. The highest BCUT2D eigenvalue weighted by Crippen LogP contribution is 2.23. The number of aryl methyl sites for hydroxylation is 1. The summed E-state index contributed by atoms with van der Waals surface area (Å²) < 4.78 is 5.39. The van der Waals surface area contributed by atoms with Gasteiger partial charge in [0.05, 0.1) is 25.1 Å². The van der Waals surface area contributed by atoms with Gasteiger partial charge in [-0.15, -0.1) is 0 Å². The number of hydrogen-bond acceptors (Lipinski definition) is 5.